The normalized spacial score (nSPS) is 3.86. The van der Waals surface area contributed by atoms with E-state index >= 15 is 0 Å². The molecule has 0 aromatic rings. The van der Waals surface area contributed by atoms with Gasteiger partial charge in [0.05, 0.1) is 0 Å². The van der Waals surface area contributed by atoms with E-state index in [4.69, 9.17) is 15.1 Å². The van der Waals surface area contributed by atoms with Crippen LogP contribution in [0, 0.1) is 0 Å². The van der Waals surface area contributed by atoms with Gasteiger partial charge in [-0.05, 0) is 0 Å². The molecule has 0 aromatic carbocycles. The van der Waals surface area contributed by atoms with Crippen molar-refractivity contribution >= 4 is 52.0 Å². The van der Waals surface area contributed by atoms with Gasteiger partial charge in [0.15, 0.2) is 0 Å². The fraction of sp³-hybridized carbons (Fsp3) is 0. The number of hydrogen-bond acceptors (Lipinski definition) is 3. The average Bonchev–Trinajstić information content (AvgIpc) is 0.811. The van der Waals surface area contributed by atoms with Gasteiger partial charge in [-0.15, -0.1) is 0 Å². The van der Waals surface area contributed by atoms with Crippen molar-refractivity contribution in [2.45, 2.75) is 0 Å². The minimum atomic E-state index is -2.92. The van der Waals surface area contributed by atoms with Crippen LogP contribution in [0.2, 0.25) is 0 Å². The predicted octanol–water partition coefficient (Wildman–Crippen LogP) is -4.71. The maximum atomic E-state index is 8.42. The average molecular weight is 405 g/mol. The molecule has 0 aliphatic carbocycles. The molecule has 4 radical (unpaired) electrons. The van der Waals surface area contributed by atoms with Gasteiger partial charge >= 0.3 is 44.7 Å². The Kier molecular flexibility index (Phi) is 51.3. The molecule has 0 amide bonds. The third-order valence-electron chi connectivity index (χ3n) is 0. The Labute approximate surface area is 93.1 Å². The van der Waals surface area contributed by atoms with Crippen LogP contribution < -0.4 is 15.1 Å². The van der Waals surface area contributed by atoms with Crippen LogP contribution in [0.3, 0.4) is 0 Å². The summed E-state index contributed by atoms with van der Waals surface area (Å²) in [5.41, 5.74) is 0. The second-order valence-corrected chi connectivity index (χ2v) is 0.289. The molecule has 0 atom stereocenters. The molecule has 7 heavy (non-hydrogen) atoms. The Bertz CT molecular complexity index is 19.7. The number of rotatable bonds is 0. The molecule has 0 fully saturated rings. The van der Waals surface area contributed by atoms with E-state index < -0.39 is 7.32 Å². The Morgan fingerprint density at radius 2 is 1.00 bits per heavy atom. The topological polar surface area (TPSA) is 69.2 Å². The zero-order valence-corrected chi connectivity index (χ0v) is 12.7. The van der Waals surface area contributed by atoms with Crippen LogP contribution in [-0.2, 0) is 27.3 Å². The zero-order valence-electron chi connectivity index (χ0n) is 3.59. The molecule has 0 aliphatic rings. The first-order valence-corrected chi connectivity index (χ1v) is 0.707. The van der Waals surface area contributed by atoms with Gasteiger partial charge in [0.25, 0.3) is 0 Å². The standard InChI is InChI=1S/Al.BO3.Cd.Pb/c;2-1(3)4;;/q+3;-3;+2;. The van der Waals surface area contributed by atoms with Crippen molar-refractivity contribution in [2.75, 3.05) is 0 Å². The fourth-order valence-corrected chi connectivity index (χ4v) is 0. The molecule has 0 rings (SSSR count). The molecule has 0 aliphatic heterocycles. The summed E-state index contributed by atoms with van der Waals surface area (Å²) >= 11 is 0. The predicted molar refractivity (Wildman–Crippen MR) is 17.3 cm³/mol. The maximum Gasteiger partial charge on any atom is 3.00 e. The third kappa shape index (κ3) is 61.7. The Morgan fingerprint density at radius 3 is 1.00 bits per heavy atom. The Morgan fingerprint density at radius 1 is 1.00 bits per heavy atom. The second-order valence-electron chi connectivity index (χ2n) is 0.289. The van der Waals surface area contributed by atoms with E-state index in [9.17, 15) is 0 Å². The van der Waals surface area contributed by atoms with Gasteiger partial charge in [-0.1, -0.05) is 0 Å². The molecule has 0 N–H and O–H groups in total. The third-order valence-corrected chi connectivity index (χ3v) is 0. The van der Waals surface area contributed by atoms with E-state index in [0.29, 0.717) is 0 Å². The summed E-state index contributed by atoms with van der Waals surface area (Å²) in [6.45, 7) is 0. The van der Waals surface area contributed by atoms with E-state index in [1.807, 2.05) is 0 Å². The minimum absolute atomic E-state index is 0. The quantitative estimate of drug-likeness (QED) is 0.381. The van der Waals surface area contributed by atoms with Gasteiger partial charge in [0, 0.05) is 27.3 Å². The summed E-state index contributed by atoms with van der Waals surface area (Å²) in [5.74, 6) is 0. The summed E-state index contributed by atoms with van der Waals surface area (Å²) in [4.78, 5) is 0. The molecule has 0 saturated carbocycles. The van der Waals surface area contributed by atoms with Crippen molar-refractivity contribution in [3.05, 3.63) is 0 Å². The molecular formula is AlBCdO3Pb+2. The molecule has 0 unspecified atom stereocenters. The van der Waals surface area contributed by atoms with Gasteiger partial charge in [-0.25, -0.2) is 0 Å². The molecule has 0 aromatic heterocycles. The van der Waals surface area contributed by atoms with Crippen molar-refractivity contribution in [1.82, 2.24) is 0 Å². The van der Waals surface area contributed by atoms with Gasteiger partial charge in [0.1, 0.15) is 0 Å². The Hall–Kier alpha value is 2.32. The SMILES string of the molecule is [Al+3].[Cd+2].[O-]B([O-])[O-].[Pb]. The van der Waals surface area contributed by atoms with Crippen LogP contribution in [0.4, 0.5) is 0 Å². The van der Waals surface area contributed by atoms with Gasteiger partial charge in [-0.3, -0.25) is 7.32 Å². The van der Waals surface area contributed by atoms with E-state index in [2.05, 4.69) is 0 Å². The fourth-order valence-electron chi connectivity index (χ4n) is 0. The van der Waals surface area contributed by atoms with Crippen molar-refractivity contribution in [3.8, 4) is 0 Å². The first kappa shape index (κ1) is 22.8. The summed E-state index contributed by atoms with van der Waals surface area (Å²) in [5, 5.41) is 25.2. The first-order valence-electron chi connectivity index (χ1n) is 0.707. The van der Waals surface area contributed by atoms with Crippen molar-refractivity contribution in [2.24, 2.45) is 0 Å². The summed E-state index contributed by atoms with van der Waals surface area (Å²) in [7, 11) is -2.92. The Balaban J connectivity index is -0.0000000150. The van der Waals surface area contributed by atoms with E-state index in [1.54, 1.807) is 0 Å². The van der Waals surface area contributed by atoms with Crippen LogP contribution in [0.1, 0.15) is 0 Å². The molecule has 3 nitrogen and oxygen atoms in total. The monoisotopic (exact) mass is 408 g/mol. The summed E-state index contributed by atoms with van der Waals surface area (Å²) in [6, 6.07) is 0. The molecule has 0 bridgehead atoms. The summed E-state index contributed by atoms with van der Waals surface area (Å²) < 4.78 is 0. The molecule has 0 heterocycles. The van der Waals surface area contributed by atoms with Gasteiger partial charge in [-0.2, -0.15) is 0 Å². The minimum Gasteiger partial charge on any atom is -0.907 e. The molecule has 7 heteroatoms. The number of hydrogen-bond donors (Lipinski definition) is 0. The first-order chi connectivity index (χ1) is 1.73. The molecule has 28 valence electrons. The molecule has 0 spiro atoms. The van der Waals surface area contributed by atoms with Crippen LogP contribution in [0.25, 0.3) is 0 Å². The molecular weight excluding hydrogens is 405 g/mol. The van der Waals surface area contributed by atoms with Crippen molar-refractivity contribution in [3.63, 3.8) is 0 Å². The van der Waals surface area contributed by atoms with Crippen LogP contribution in [0.15, 0.2) is 0 Å². The largest absolute Gasteiger partial charge is 3.00 e. The van der Waals surface area contributed by atoms with Crippen molar-refractivity contribution < 1.29 is 42.4 Å². The van der Waals surface area contributed by atoms with Crippen molar-refractivity contribution in [1.29, 1.82) is 0 Å². The summed E-state index contributed by atoms with van der Waals surface area (Å²) in [6.07, 6.45) is 0. The maximum absolute atomic E-state index is 8.42. The zero-order chi connectivity index (χ0) is 3.58. The van der Waals surface area contributed by atoms with E-state index in [0.717, 1.165) is 0 Å². The molecule has 0 saturated heterocycles. The van der Waals surface area contributed by atoms with Gasteiger partial charge in [0.2, 0.25) is 0 Å². The van der Waals surface area contributed by atoms with E-state index in [1.165, 1.54) is 0 Å². The van der Waals surface area contributed by atoms with Crippen LogP contribution >= 0.6 is 0 Å². The second kappa shape index (κ2) is 15.8. The van der Waals surface area contributed by atoms with Crippen LogP contribution in [-0.4, -0.2) is 52.0 Å². The van der Waals surface area contributed by atoms with Gasteiger partial charge < -0.3 is 15.1 Å². The van der Waals surface area contributed by atoms with Crippen LogP contribution in [0.5, 0.6) is 0 Å². The smallest absolute Gasteiger partial charge is 0.907 e. The van der Waals surface area contributed by atoms with E-state index in [-0.39, 0.29) is 72.0 Å².